The van der Waals surface area contributed by atoms with Gasteiger partial charge in [0.25, 0.3) is 5.95 Å². The molecule has 0 radical (unpaired) electrons. The molecule has 3 rings (SSSR count). The van der Waals surface area contributed by atoms with Crippen LogP contribution in [0.15, 0.2) is 42.5 Å². The van der Waals surface area contributed by atoms with Crippen LogP contribution in [0.2, 0.25) is 0 Å². The number of tetrazole rings is 1. The highest BCUT2D eigenvalue weighted by Gasteiger charge is 2.09. The van der Waals surface area contributed by atoms with Crippen molar-refractivity contribution in [1.29, 1.82) is 0 Å². The van der Waals surface area contributed by atoms with E-state index in [1.54, 1.807) is 4.68 Å². The van der Waals surface area contributed by atoms with Crippen molar-refractivity contribution >= 4 is 16.7 Å². The Kier molecular flexibility index (Phi) is 2.20. The topological polar surface area (TPSA) is 81.7 Å². The van der Waals surface area contributed by atoms with Crippen LogP contribution in [0.25, 0.3) is 16.5 Å². The smallest absolute Gasteiger partial charge is 0.261 e. The lowest BCUT2D eigenvalue weighted by atomic mass is 10.1. The zero-order chi connectivity index (χ0) is 11.7. The van der Waals surface area contributed by atoms with Crippen molar-refractivity contribution in [1.82, 2.24) is 20.2 Å². The third-order valence-electron chi connectivity index (χ3n) is 2.59. The van der Waals surface area contributed by atoms with Gasteiger partial charge in [0.1, 0.15) is 0 Å². The van der Waals surface area contributed by atoms with E-state index in [1.165, 1.54) is 0 Å². The Morgan fingerprint density at radius 2 is 1.88 bits per heavy atom. The zero-order valence-corrected chi connectivity index (χ0v) is 8.91. The molecule has 1 aromatic heterocycles. The minimum Gasteiger partial charge on any atom is -0.291 e. The van der Waals surface area contributed by atoms with Crippen LogP contribution in [0.4, 0.5) is 5.95 Å². The van der Waals surface area contributed by atoms with Gasteiger partial charge in [-0.1, -0.05) is 41.5 Å². The lowest BCUT2D eigenvalue weighted by Crippen LogP contribution is -2.13. The van der Waals surface area contributed by atoms with Crippen LogP contribution >= 0.6 is 0 Å². The molecule has 17 heavy (non-hydrogen) atoms. The lowest BCUT2D eigenvalue weighted by molar-refractivity contribution is 0.794. The van der Waals surface area contributed by atoms with E-state index < -0.39 is 0 Å². The summed E-state index contributed by atoms with van der Waals surface area (Å²) in [7, 11) is 0. The SMILES string of the molecule is NNc1nnnn1-c1cccc2ccccc12. The van der Waals surface area contributed by atoms with Gasteiger partial charge >= 0.3 is 0 Å². The van der Waals surface area contributed by atoms with Crippen LogP contribution in [-0.2, 0) is 0 Å². The average molecular weight is 226 g/mol. The number of fused-ring (bicyclic) bond motifs is 1. The fourth-order valence-electron chi connectivity index (χ4n) is 1.83. The minimum absolute atomic E-state index is 0.404. The normalized spacial score (nSPS) is 10.6. The first-order valence-corrected chi connectivity index (χ1v) is 5.13. The number of anilines is 1. The molecule has 3 N–H and O–H groups in total. The molecule has 6 nitrogen and oxygen atoms in total. The van der Waals surface area contributed by atoms with E-state index in [4.69, 9.17) is 5.84 Å². The molecule has 0 unspecified atom stereocenters. The molecule has 0 fully saturated rings. The van der Waals surface area contributed by atoms with Crippen molar-refractivity contribution in [2.75, 3.05) is 5.43 Å². The molecule has 0 saturated carbocycles. The van der Waals surface area contributed by atoms with Crippen molar-refractivity contribution in [2.45, 2.75) is 0 Å². The first kappa shape index (κ1) is 9.73. The summed E-state index contributed by atoms with van der Waals surface area (Å²) < 4.78 is 1.57. The van der Waals surface area contributed by atoms with Crippen LogP contribution in [0, 0.1) is 0 Å². The van der Waals surface area contributed by atoms with Gasteiger partial charge in [0.2, 0.25) is 0 Å². The highest BCUT2D eigenvalue weighted by molar-refractivity contribution is 5.90. The van der Waals surface area contributed by atoms with Crippen molar-refractivity contribution in [3.8, 4) is 5.69 Å². The molecule has 0 amide bonds. The highest BCUT2D eigenvalue weighted by atomic mass is 15.6. The molecule has 0 bridgehead atoms. The van der Waals surface area contributed by atoms with Gasteiger partial charge in [0.15, 0.2) is 0 Å². The number of nitrogen functional groups attached to an aromatic ring is 1. The van der Waals surface area contributed by atoms with Gasteiger partial charge in [-0.3, -0.25) is 5.43 Å². The Balaban J connectivity index is 2.31. The number of rotatable bonds is 2. The first-order valence-electron chi connectivity index (χ1n) is 5.13. The zero-order valence-electron chi connectivity index (χ0n) is 8.91. The fourth-order valence-corrected chi connectivity index (χ4v) is 1.83. The Hall–Kier alpha value is -2.47. The third-order valence-corrected chi connectivity index (χ3v) is 2.59. The van der Waals surface area contributed by atoms with E-state index in [0.717, 1.165) is 16.5 Å². The quantitative estimate of drug-likeness (QED) is 0.505. The molecule has 84 valence electrons. The second-order valence-corrected chi connectivity index (χ2v) is 3.56. The van der Waals surface area contributed by atoms with Crippen LogP contribution < -0.4 is 11.3 Å². The van der Waals surface area contributed by atoms with Gasteiger partial charge in [0.05, 0.1) is 5.69 Å². The van der Waals surface area contributed by atoms with E-state index in [0.29, 0.717) is 5.95 Å². The number of nitrogens with one attached hydrogen (secondary N) is 1. The van der Waals surface area contributed by atoms with E-state index in [9.17, 15) is 0 Å². The molecule has 0 aliphatic carbocycles. The average Bonchev–Trinajstić information content (AvgIpc) is 2.86. The second-order valence-electron chi connectivity index (χ2n) is 3.56. The maximum Gasteiger partial charge on any atom is 0.261 e. The summed E-state index contributed by atoms with van der Waals surface area (Å²) in [5, 5.41) is 13.5. The van der Waals surface area contributed by atoms with E-state index >= 15 is 0 Å². The molecule has 0 aliphatic heterocycles. The molecule has 1 heterocycles. The molecule has 0 spiro atoms. The maximum absolute atomic E-state index is 5.36. The molecule has 0 aliphatic rings. The summed E-state index contributed by atoms with van der Waals surface area (Å²) in [4.78, 5) is 0. The van der Waals surface area contributed by atoms with Crippen molar-refractivity contribution in [2.24, 2.45) is 5.84 Å². The number of nitrogens with two attached hydrogens (primary N) is 1. The Morgan fingerprint density at radius 1 is 1.06 bits per heavy atom. The van der Waals surface area contributed by atoms with Gasteiger partial charge < -0.3 is 0 Å². The van der Waals surface area contributed by atoms with E-state index in [2.05, 4.69) is 21.0 Å². The van der Waals surface area contributed by atoms with Crippen molar-refractivity contribution in [3.63, 3.8) is 0 Å². The van der Waals surface area contributed by atoms with Crippen molar-refractivity contribution in [3.05, 3.63) is 42.5 Å². The predicted molar refractivity (Wildman–Crippen MR) is 64.5 cm³/mol. The van der Waals surface area contributed by atoms with Crippen LogP contribution in [0.1, 0.15) is 0 Å². The Morgan fingerprint density at radius 3 is 2.76 bits per heavy atom. The maximum atomic E-state index is 5.36. The van der Waals surface area contributed by atoms with E-state index in [1.807, 2.05) is 42.5 Å². The summed E-state index contributed by atoms with van der Waals surface area (Å²) in [6, 6.07) is 14.0. The monoisotopic (exact) mass is 226 g/mol. The molecule has 2 aromatic carbocycles. The standard InChI is InChI=1S/C11H10N6/c12-13-11-14-15-16-17(11)10-7-3-5-8-4-1-2-6-9(8)10/h1-7H,12H2,(H,13,14,16). The number of hydrogen-bond acceptors (Lipinski definition) is 5. The van der Waals surface area contributed by atoms with Gasteiger partial charge in [-0.2, -0.15) is 4.68 Å². The van der Waals surface area contributed by atoms with Gasteiger partial charge in [0, 0.05) is 5.39 Å². The van der Waals surface area contributed by atoms with Gasteiger partial charge in [-0.05, 0) is 21.9 Å². The number of aromatic nitrogens is 4. The lowest BCUT2D eigenvalue weighted by Gasteiger charge is -2.07. The van der Waals surface area contributed by atoms with Gasteiger partial charge in [-0.25, -0.2) is 5.84 Å². The summed E-state index contributed by atoms with van der Waals surface area (Å²) in [5.41, 5.74) is 3.36. The van der Waals surface area contributed by atoms with Gasteiger partial charge in [-0.15, -0.1) is 0 Å². The summed E-state index contributed by atoms with van der Waals surface area (Å²) in [6.07, 6.45) is 0. The van der Waals surface area contributed by atoms with Crippen LogP contribution in [0.3, 0.4) is 0 Å². The number of nitrogens with zero attached hydrogens (tertiary/aromatic N) is 4. The molecule has 0 saturated heterocycles. The predicted octanol–water partition coefficient (Wildman–Crippen LogP) is 1.10. The molecular formula is C11H10N6. The van der Waals surface area contributed by atoms with Crippen molar-refractivity contribution < 1.29 is 0 Å². The minimum atomic E-state index is 0.404. The highest BCUT2D eigenvalue weighted by Crippen LogP contribution is 2.22. The van der Waals surface area contributed by atoms with E-state index in [-0.39, 0.29) is 0 Å². The third kappa shape index (κ3) is 1.51. The number of hydrazine groups is 1. The second kappa shape index (κ2) is 3.84. The summed E-state index contributed by atoms with van der Waals surface area (Å²) in [5.74, 6) is 5.77. The van der Waals surface area contributed by atoms with Crippen LogP contribution in [0.5, 0.6) is 0 Å². The largest absolute Gasteiger partial charge is 0.291 e. The molecular weight excluding hydrogens is 216 g/mol. The first-order chi connectivity index (χ1) is 8.40. The molecule has 6 heteroatoms. The summed E-state index contributed by atoms with van der Waals surface area (Å²) in [6.45, 7) is 0. The number of hydrogen-bond donors (Lipinski definition) is 2. The Labute approximate surface area is 97.0 Å². The Bertz CT molecular complexity index is 654. The number of benzene rings is 2. The summed E-state index contributed by atoms with van der Waals surface area (Å²) >= 11 is 0. The molecule has 0 atom stereocenters. The fraction of sp³-hybridized carbons (Fsp3) is 0. The van der Waals surface area contributed by atoms with Crippen LogP contribution in [-0.4, -0.2) is 20.2 Å². The molecule has 3 aromatic rings.